The van der Waals surface area contributed by atoms with E-state index in [4.69, 9.17) is 5.73 Å². The average Bonchev–Trinajstić information content (AvgIpc) is 2.71. The van der Waals surface area contributed by atoms with Crippen molar-refractivity contribution in [1.29, 1.82) is 0 Å². The number of alkyl halides is 3. The molecule has 1 amide bonds. The average molecular weight is 456 g/mol. The third-order valence-electron chi connectivity index (χ3n) is 5.58. The van der Waals surface area contributed by atoms with Crippen molar-refractivity contribution in [2.24, 2.45) is 0 Å². The lowest BCUT2D eigenvalue weighted by Gasteiger charge is -2.39. The highest BCUT2D eigenvalue weighted by molar-refractivity contribution is 7.89. The molecule has 3 rings (SSSR count). The number of benzene rings is 1. The number of piperazine rings is 1. The van der Waals surface area contributed by atoms with Gasteiger partial charge in [0.05, 0.1) is 16.0 Å². The van der Waals surface area contributed by atoms with Crippen LogP contribution in [0.25, 0.3) is 0 Å². The Morgan fingerprint density at radius 3 is 2.29 bits per heavy atom. The van der Waals surface area contributed by atoms with E-state index in [1.165, 1.54) is 10.5 Å². The normalized spacial score (nSPS) is 18.3. The van der Waals surface area contributed by atoms with Crippen LogP contribution in [0, 0.1) is 13.8 Å². The Bertz CT molecular complexity index is 1100. The summed E-state index contributed by atoms with van der Waals surface area (Å²) < 4.78 is 65.2. The molecule has 0 bridgehead atoms. The summed E-state index contributed by atoms with van der Waals surface area (Å²) in [6, 6.07) is 2.95. The van der Waals surface area contributed by atoms with Crippen molar-refractivity contribution in [2.45, 2.75) is 37.9 Å². The SMILES string of the molecule is Cc1c(C(=O)N2CCN(S(=O)(=O)c3ccc(C(F)(F)F)cc3)C[C@@H]2C)cnc(N)c1C. The number of halogens is 3. The lowest BCUT2D eigenvalue weighted by molar-refractivity contribution is -0.137. The van der Waals surface area contributed by atoms with Crippen LogP contribution in [0.15, 0.2) is 35.4 Å². The molecule has 168 valence electrons. The molecule has 0 unspecified atom stereocenters. The smallest absolute Gasteiger partial charge is 0.383 e. The Hall–Kier alpha value is -2.66. The maximum atomic E-state index is 13.0. The second-order valence-corrected chi connectivity index (χ2v) is 9.48. The fourth-order valence-electron chi connectivity index (χ4n) is 3.50. The van der Waals surface area contributed by atoms with Gasteiger partial charge < -0.3 is 10.6 Å². The number of nitrogen functional groups attached to an aromatic ring is 1. The number of pyridine rings is 1. The number of hydrogen-bond donors (Lipinski definition) is 1. The van der Waals surface area contributed by atoms with Crippen LogP contribution in [0.5, 0.6) is 0 Å². The van der Waals surface area contributed by atoms with Gasteiger partial charge >= 0.3 is 6.18 Å². The van der Waals surface area contributed by atoms with E-state index in [-0.39, 0.29) is 30.4 Å². The van der Waals surface area contributed by atoms with E-state index in [0.29, 0.717) is 22.5 Å². The molecule has 2 heterocycles. The molecular formula is C20H23F3N4O3S. The zero-order valence-electron chi connectivity index (χ0n) is 17.3. The topological polar surface area (TPSA) is 96.6 Å². The summed E-state index contributed by atoms with van der Waals surface area (Å²) in [6.45, 7) is 5.46. The van der Waals surface area contributed by atoms with Crippen molar-refractivity contribution < 1.29 is 26.4 Å². The highest BCUT2D eigenvalue weighted by Crippen LogP contribution is 2.30. The number of carbonyl (C=O) groups is 1. The number of hydrogen-bond acceptors (Lipinski definition) is 5. The zero-order valence-corrected chi connectivity index (χ0v) is 18.1. The van der Waals surface area contributed by atoms with E-state index >= 15 is 0 Å². The van der Waals surface area contributed by atoms with Gasteiger partial charge in [0.25, 0.3) is 5.91 Å². The van der Waals surface area contributed by atoms with Crippen LogP contribution in [0.1, 0.15) is 34.0 Å². The number of anilines is 1. The molecule has 0 aliphatic carbocycles. The molecule has 2 aromatic rings. The third kappa shape index (κ3) is 4.38. The van der Waals surface area contributed by atoms with Crippen molar-refractivity contribution in [1.82, 2.24) is 14.2 Å². The van der Waals surface area contributed by atoms with E-state index in [9.17, 15) is 26.4 Å². The molecule has 0 radical (unpaired) electrons. The number of nitrogens with zero attached hydrogens (tertiary/aromatic N) is 3. The molecule has 1 atom stereocenters. The van der Waals surface area contributed by atoms with E-state index in [0.717, 1.165) is 24.3 Å². The standard InChI is InChI=1S/C20H23F3N4O3S/c1-12-11-26(31(29,30)16-6-4-15(5-7-16)20(21,22)23)8-9-27(12)19(28)17-10-25-18(24)14(3)13(17)2/h4-7,10,12H,8-9,11H2,1-3H3,(H2,24,25)/t12-/m0/s1. The van der Waals surface area contributed by atoms with Crippen LogP contribution in [0.4, 0.5) is 19.0 Å². The first-order valence-corrected chi connectivity index (χ1v) is 11.0. The largest absolute Gasteiger partial charge is 0.416 e. The summed E-state index contributed by atoms with van der Waals surface area (Å²) in [7, 11) is -3.99. The Morgan fingerprint density at radius 1 is 1.13 bits per heavy atom. The zero-order chi connectivity index (χ0) is 23.1. The molecular weight excluding hydrogens is 433 g/mol. The fraction of sp³-hybridized carbons (Fsp3) is 0.400. The first-order chi connectivity index (χ1) is 14.3. The summed E-state index contributed by atoms with van der Waals surface area (Å²) in [5.41, 5.74) is 6.68. The molecule has 0 saturated carbocycles. The lowest BCUT2D eigenvalue weighted by atomic mass is 10.0. The monoisotopic (exact) mass is 456 g/mol. The number of aromatic nitrogens is 1. The Morgan fingerprint density at radius 2 is 1.74 bits per heavy atom. The minimum absolute atomic E-state index is 0.0233. The summed E-state index contributed by atoms with van der Waals surface area (Å²) in [6.07, 6.45) is -3.13. The summed E-state index contributed by atoms with van der Waals surface area (Å²) >= 11 is 0. The Labute approximate surface area is 178 Å². The molecule has 11 heteroatoms. The number of amides is 1. The van der Waals surface area contributed by atoms with Crippen LogP contribution >= 0.6 is 0 Å². The fourth-order valence-corrected chi connectivity index (χ4v) is 5.01. The molecule has 1 aromatic carbocycles. The Kier molecular flexibility index (Phi) is 6.03. The molecule has 0 spiro atoms. The van der Waals surface area contributed by atoms with Crippen LogP contribution < -0.4 is 5.73 Å². The predicted molar refractivity (Wildman–Crippen MR) is 109 cm³/mol. The van der Waals surface area contributed by atoms with Crippen LogP contribution in [-0.4, -0.2) is 54.2 Å². The van der Waals surface area contributed by atoms with Gasteiger partial charge in [0, 0.05) is 31.9 Å². The number of carbonyl (C=O) groups excluding carboxylic acids is 1. The van der Waals surface area contributed by atoms with Crippen molar-refractivity contribution in [2.75, 3.05) is 25.4 Å². The van der Waals surface area contributed by atoms with E-state index in [1.807, 2.05) is 0 Å². The molecule has 1 aromatic heterocycles. The number of rotatable bonds is 3. The molecule has 1 aliphatic heterocycles. The highest BCUT2D eigenvalue weighted by Gasteiger charge is 2.36. The predicted octanol–water partition coefficient (Wildman–Crippen LogP) is 2.83. The van der Waals surface area contributed by atoms with Gasteiger partial charge in [-0.3, -0.25) is 4.79 Å². The van der Waals surface area contributed by atoms with E-state index < -0.39 is 27.8 Å². The van der Waals surface area contributed by atoms with Crippen molar-refractivity contribution in [3.8, 4) is 0 Å². The molecule has 1 aliphatic rings. The minimum atomic E-state index is -4.55. The summed E-state index contributed by atoms with van der Waals surface area (Å²) in [5, 5.41) is 0. The van der Waals surface area contributed by atoms with Crippen LogP contribution in [-0.2, 0) is 16.2 Å². The van der Waals surface area contributed by atoms with Gasteiger partial charge in [-0.05, 0) is 56.2 Å². The minimum Gasteiger partial charge on any atom is -0.383 e. The maximum Gasteiger partial charge on any atom is 0.416 e. The quantitative estimate of drug-likeness (QED) is 0.766. The van der Waals surface area contributed by atoms with Gasteiger partial charge in [0.2, 0.25) is 10.0 Å². The second kappa shape index (κ2) is 8.12. The molecule has 7 nitrogen and oxygen atoms in total. The van der Waals surface area contributed by atoms with Gasteiger partial charge in [-0.15, -0.1) is 0 Å². The first kappa shape index (κ1) is 23.0. The van der Waals surface area contributed by atoms with Gasteiger partial charge in [-0.2, -0.15) is 17.5 Å². The lowest BCUT2D eigenvalue weighted by Crippen LogP contribution is -2.55. The van der Waals surface area contributed by atoms with Gasteiger partial charge in [0.15, 0.2) is 0 Å². The number of sulfonamides is 1. The number of nitrogens with two attached hydrogens (primary N) is 1. The maximum absolute atomic E-state index is 13.0. The van der Waals surface area contributed by atoms with Gasteiger partial charge in [0.1, 0.15) is 5.82 Å². The van der Waals surface area contributed by atoms with Gasteiger partial charge in [-0.1, -0.05) is 0 Å². The summed E-state index contributed by atoms with van der Waals surface area (Å²) in [5.74, 6) is 0.0710. The summed E-state index contributed by atoms with van der Waals surface area (Å²) in [4.78, 5) is 18.4. The van der Waals surface area contributed by atoms with Gasteiger partial charge in [-0.25, -0.2) is 13.4 Å². The van der Waals surface area contributed by atoms with Crippen molar-refractivity contribution in [3.05, 3.63) is 52.7 Å². The molecule has 2 N–H and O–H groups in total. The van der Waals surface area contributed by atoms with Crippen molar-refractivity contribution >= 4 is 21.7 Å². The van der Waals surface area contributed by atoms with E-state index in [2.05, 4.69) is 4.98 Å². The van der Waals surface area contributed by atoms with E-state index in [1.54, 1.807) is 25.7 Å². The highest BCUT2D eigenvalue weighted by atomic mass is 32.2. The molecule has 1 saturated heterocycles. The third-order valence-corrected chi connectivity index (χ3v) is 7.46. The molecule has 31 heavy (non-hydrogen) atoms. The second-order valence-electron chi connectivity index (χ2n) is 7.54. The molecule has 1 fully saturated rings. The van der Waals surface area contributed by atoms with Crippen LogP contribution in [0.2, 0.25) is 0 Å². The van der Waals surface area contributed by atoms with Crippen LogP contribution in [0.3, 0.4) is 0 Å². The van der Waals surface area contributed by atoms with Crippen molar-refractivity contribution in [3.63, 3.8) is 0 Å². The first-order valence-electron chi connectivity index (χ1n) is 9.54. The Balaban J connectivity index is 1.78.